The van der Waals surface area contributed by atoms with Gasteiger partial charge in [0.2, 0.25) is 5.62 Å². The topological polar surface area (TPSA) is 41.7 Å². The minimum absolute atomic E-state index is 0. The standard InChI is InChI=1S/C6H9N3.HI/c1-2-9-5-3-4-8-6(9)7;/h3-5,7H,2H2,1H3;1H. The fourth-order valence-electron chi connectivity index (χ4n) is 0.656. The van der Waals surface area contributed by atoms with Gasteiger partial charge in [0.1, 0.15) is 0 Å². The van der Waals surface area contributed by atoms with Gasteiger partial charge >= 0.3 is 0 Å². The van der Waals surface area contributed by atoms with Gasteiger partial charge in [0.15, 0.2) is 0 Å². The van der Waals surface area contributed by atoms with E-state index in [1.165, 1.54) is 0 Å². The van der Waals surface area contributed by atoms with Crippen LogP contribution in [0.5, 0.6) is 0 Å². The SMILES string of the molecule is CCn1cccnc1=N.I. The number of aryl methyl sites for hydroxylation is 1. The van der Waals surface area contributed by atoms with Gasteiger partial charge in [-0.2, -0.15) is 0 Å². The highest BCUT2D eigenvalue weighted by Gasteiger charge is 1.82. The van der Waals surface area contributed by atoms with Crippen LogP contribution in [0.25, 0.3) is 0 Å². The van der Waals surface area contributed by atoms with E-state index < -0.39 is 0 Å². The van der Waals surface area contributed by atoms with Crippen LogP contribution in [0, 0.1) is 5.41 Å². The van der Waals surface area contributed by atoms with E-state index in [4.69, 9.17) is 5.41 Å². The Morgan fingerprint density at radius 3 is 2.80 bits per heavy atom. The molecule has 3 nitrogen and oxygen atoms in total. The first-order chi connectivity index (χ1) is 4.34. The molecule has 0 aromatic carbocycles. The van der Waals surface area contributed by atoms with E-state index >= 15 is 0 Å². The van der Waals surface area contributed by atoms with E-state index in [1.807, 2.05) is 19.2 Å². The maximum absolute atomic E-state index is 7.22. The van der Waals surface area contributed by atoms with E-state index in [0.717, 1.165) is 6.54 Å². The molecule has 0 amide bonds. The predicted octanol–water partition coefficient (Wildman–Crippen LogP) is 1.00. The summed E-state index contributed by atoms with van der Waals surface area (Å²) in [6, 6.07) is 1.82. The Morgan fingerprint density at radius 2 is 2.40 bits per heavy atom. The first-order valence-electron chi connectivity index (χ1n) is 2.90. The lowest BCUT2D eigenvalue weighted by Gasteiger charge is -1.97. The molecule has 0 aliphatic carbocycles. The highest BCUT2D eigenvalue weighted by Crippen LogP contribution is 1.75. The van der Waals surface area contributed by atoms with Crippen LogP contribution in [0.15, 0.2) is 18.5 Å². The molecule has 1 rings (SSSR count). The van der Waals surface area contributed by atoms with Crippen LogP contribution in [0.4, 0.5) is 0 Å². The Kier molecular flexibility index (Phi) is 4.26. The Balaban J connectivity index is 0.000000810. The molecular weight excluding hydrogens is 241 g/mol. The van der Waals surface area contributed by atoms with Gasteiger partial charge in [0.05, 0.1) is 0 Å². The molecule has 10 heavy (non-hydrogen) atoms. The van der Waals surface area contributed by atoms with Crippen molar-refractivity contribution in [3.63, 3.8) is 0 Å². The smallest absolute Gasteiger partial charge is 0.221 e. The second-order valence-electron chi connectivity index (χ2n) is 1.73. The number of nitrogens with one attached hydrogen (secondary N) is 1. The highest BCUT2D eigenvalue weighted by atomic mass is 127. The van der Waals surface area contributed by atoms with Crippen molar-refractivity contribution in [2.24, 2.45) is 0 Å². The van der Waals surface area contributed by atoms with Gasteiger partial charge in [0, 0.05) is 18.9 Å². The predicted molar refractivity (Wildman–Crippen MR) is 49.2 cm³/mol. The molecule has 0 spiro atoms. The average Bonchev–Trinajstić information content (AvgIpc) is 1.89. The quantitative estimate of drug-likeness (QED) is 0.743. The zero-order valence-electron chi connectivity index (χ0n) is 5.74. The van der Waals surface area contributed by atoms with Crippen LogP contribution in [0.2, 0.25) is 0 Å². The van der Waals surface area contributed by atoms with Crippen molar-refractivity contribution in [2.75, 3.05) is 0 Å². The van der Waals surface area contributed by atoms with Crippen molar-refractivity contribution < 1.29 is 0 Å². The normalized spacial score (nSPS) is 8.50. The molecule has 1 N–H and O–H groups in total. The number of aromatic nitrogens is 2. The van der Waals surface area contributed by atoms with Gasteiger partial charge < -0.3 is 4.57 Å². The molecule has 0 bridgehead atoms. The number of nitrogens with zero attached hydrogens (tertiary/aromatic N) is 2. The minimum Gasteiger partial charge on any atom is -0.318 e. The molecule has 0 aliphatic heterocycles. The first kappa shape index (κ1) is 9.61. The van der Waals surface area contributed by atoms with Gasteiger partial charge in [-0.05, 0) is 13.0 Å². The second kappa shape index (κ2) is 4.43. The Labute approximate surface area is 76.6 Å². The summed E-state index contributed by atoms with van der Waals surface area (Å²) in [5.74, 6) is 0. The van der Waals surface area contributed by atoms with Crippen LogP contribution < -0.4 is 5.62 Å². The average molecular weight is 251 g/mol. The maximum Gasteiger partial charge on any atom is 0.221 e. The second-order valence-corrected chi connectivity index (χ2v) is 1.73. The molecule has 0 saturated heterocycles. The summed E-state index contributed by atoms with van der Waals surface area (Å²) in [4.78, 5) is 3.78. The molecule has 0 aliphatic rings. The molecule has 0 fully saturated rings. The third-order valence-corrected chi connectivity index (χ3v) is 1.16. The minimum atomic E-state index is 0. The van der Waals surface area contributed by atoms with E-state index in [9.17, 15) is 0 Å². The lowest BCUT2D eigenvalue weighted by Crippen LogP contribution is -2.20. The molecule has 0 radical (unpaired) electrons. The third-order valence-electron chi connectivity index (χ3n) is 1.16. The van der Waals surface area contributed by atoms with Gasteiger partial charge in [-0.15, -0.1) is 24.0 Å². The fourth-order valence-corrected chi connectivity index (χ4v) is 0.656. The Bertz CT molecular complexity index is 243. The summed E-state index contributed by atoms with van der Waals surface area (Å²) in [6.07, 6.45) is 3.46. The van der Waals surface area contributed by atoms with Crippen LogP contribution in [-0.2, 0) is 6.54 Å². The van der Waals surface area contributed by atoms with Crippen molar-refractivity contribution in [1.29, 1.82) is 5.41 Å². The largest absolute Gasteiger partial charge is 0.318 e. The van der Waals surface area contributed by atoms with E-state index in [-0.39, 0.29) is 24.0 Å². The van der Waals surface area contributed by atoms with Crippen molar-refractivity contribution in [2.45, 2.75) is 13.5 Å². The zero-order valence-corrected chi connectivity index (χ0v) is 8.07. The maximum atomic E-state index is 7.22. The molecule has 0 atom stereocenters. The number of hydrogen-bond acceptors (Lipinski definition) is 2. The van der Waals surface area contributed by atoms with Gasteiger partial charge in [-0.3, -0.25) is 5.41 Å². The van der Waals surface area contributed by atoms with Crippen LogP contribution >= 0.6 is 24.0 Å². The molecule has 4 heteroatoms. The van der Waals surface area contributed by atoms with Crippen LogP contribution in [0.1, 0.15) is 6.92 Å². The molecule has 1 aromatic heterocycles. The summed E-state index contributed by atoms with van der Waals surface area (Å²) < 4.78 is 1.76. The third kappa shape index (κ3) is 2.09. The van der Waals surface area contributed by atoms with Gasteiger partial charge in [-0.25, -0.2) is 4.98 Å². The lowest BCUT2D eigenvalue weighted by atomic mass is 10.6. The van der Waals surface area contributed by atoms with Crippen molar-refractivity contribution in [1.82, 2.24) is 9.55 Å². The molecule has 1 aromatic rings. The van der Waals surface area contributed by atoms with Crippen LogP contribution in [0.3, 0.4) is 0 Å². The zero-order chi connectivity index (χ0) is 6.69. The van der Waals surface area contributed by atoms with E-state index in [0.29, 0.717) is 5.62 Å². The summed E-state index contributed by atoms with van der Waals surface area (Å²) in [7, 11) is 0. The van der Waals surface area contributed by atoms with Crippen LogP contribution in [-0.4, -0.2) is 9.55 Å². The number of hydrogen-bond donors (Lipinski definition) is 1. The van der Waals surface area contributed by atoms with Crippen molar-refractivity contribution in [3.8, 4) is 0 Å². The van der Waals surface area contributed by atoms with E-state index in [2.05, 4.69) is 4.98 Å². The summed E-state index contributed by atoms with van der Waals surface area (Å²) in [5, 5.41) is 7.22. The monoisotopic (exact) mass is 251 g/mol. The number of halogens is 1. The molecule has 0 unspecified atom stereocenters. The van der Waals surface area contributed by atoms with Crippen molar-refractivity contribution in [3.05, 3.63) is 24.1 Å². The van der Waals surface area contributed by atoms with E-state index in [1.54, 1.807) is 10.8 Å². The number of rotatable bonds is 1. The van der Waals surface area contributed by atoms with Gasteiger partial charge in [-0.1, -0.05) is 0 Å². The summed E-state index contributed by atoms with van der Waals surface area (Å²) in [5.41, 5.74) is 0.319. The highest BCUT2D eigenvalue weighted by molar-refractivity contribution is 14.0. The van der Waals surface area contributed by atoms with Crippen molar-refractivity contribution >= 4 is 24.0 Å². The first-order valence-corrected chi connectivity index (χ1v) is 2.90. The fraction of sp³-hybridized carbons (Fsp3) is 0.333. The summed E-state index contributed by atoms with van der Waals surface area (Å²) in [6.45, 7) is 2.80. The lowest BCUT2D eigenvalue weighted by molar-refractivity contribution is 0.669. The Hall–Kier alpha value is -0.390. The molecule has 0 saturated carbocycles. The molecule has 1 heterocycles. The summed E-state index contributed by atoms with van der Waals surface area (Å²) >= 11 is 0. The Morgan fingerprint density at radius 1 is 1.70 bits per heavy atom. The molecular formula is C6H10IN3. The van der Waals surface area contributed by atoms with Gasteiger partial charge in [0.25, 0.3) is 0 Å². The molecule has 56 valence electrons.